The largest absolute Gasteiger partial charge is 0.379 e. The van der Waals surface area contributed by atoms with Gasteiger partial charge in [0.25, 0.3) is 0 Å². The smallest absolute Gasteiger partial charge is 0.164 e. The minimum absolute atomic E-state index is 0.216. The predicted octanol–water partition coefficient (Wildman–Crippen LogP) is 13.2. The molecule has 0 saturated carbocycles. The summed E-state index contributed by atoms with van der Waals surface area (Å²) in [6, 6.07) is 65.1. The second-order valence-corrected chi connectivity index (χ2v) is 15.5. The molecule has 0 fully saturated rings. The zero-order valence-electron chi connectivity index (χ0n) is 34.4. The Labute approximate surface area is 362 Å². The molecule has 1 aliphatic rings. The van der Waals surface area contributed by atoms with Crippen LogP contribution in [0, 0.1) is 6.92 Å². The Kier molecular flexibility index (Phi) is 10.4. The van der Waals surface area contributed by atoms with Crippen molar-refractivity contribution < 1.29 is 0 Å². The number of hydrogen-bond donors (Lipinski definition) is 1. The van der Waals surface area contributed by atoms with E-state index < -0.39 is 0 Å². The Morgan fingerprint density at radius 2 is 0.887 bits per heavy atom. The Balaban J connectivity index is 1.12. The molecule has 10 rings (SSSR count). The van der Waals surface area contributed by atoms with Gasteiger partial charge in [0.15, 0.2) is 17.5 Å². The molecule has 6 heteroatoms. The first kappa shape index (κ1) is 38.1. The van der Waals surface area contributed by atoms with E-state index in [2.05, 4.69) is 146 Å². The van der Waals surface area contributed by atoms with Crippen molar-refractivity contribution in [3.05, 3.63) is 218 Å². The molecular weight excluding hydrogens is 757 g/mol. The normalized spacial score (nSPS) is 13.3. The number of dihydropyridines is 1. The lowest BCUT2D eigenvalue weighted by Crippen LogP contribution is -2.24. The molecule has 6 aromatic carbocycles. The van der Waals surface area contributed by atoms with Crippen molar-refractivity contribution in [3.8, 4) is 90.2 Å². The summed E-state index contributed by atoms with van der Waals surface area (Å²) in [7, 11) is 0. The highest BCUT2D eigenvalue weighted by atomic mass is 15.0. The Morgan fingerprint density at radius 1 is 0.371 bits per heavy atom. The van der Waals surface area contributed by atoms with Crippen molar-refractivity contribution in [2.24, 2.45) is 0 Å². The molecular formula is C56H42N6. The summed E-state index contributed by atoms with van der Waals surface area (Å²) < 4.78 is 0. The third-order valence-electron chi connectivity index (χ3n) is 11.0. The molecule has 3 aromatic heterocycles. The van der Waals surface area contributed by atoms with Crippen molar-refractivity contribution >= 4 is 5.70 Å². The molecule has 0 amide bonds. The van der Waals surface area contributed by atoms with E-state index in [4.69, 9.17) is 24.9 Å². The monoisotopic (exact) mass is 798 g/mol. The maximum atomic E-state index is 5.39. The summed E-state index contributed by atoms with van der Waals surface area (Å²) in [4.78, 5) is 25.3. The molecule has 1 atom stereocenters. The molecule has 0 aliphatic carbocycles. The zero-order valence-corrected chi connectivity index (χ0v) is 34.4. The predicted molar refractivity (Wildman–Crippen MR) is 253 cm³/mol. The van der Waals surface area contributed by atoms with Crippen LogP contribution in [0.25, 0.3) is 95.9 Å². The fourth-order valence-electron chi connectivity index (χ4n) is 7.95. The average Bonchev–Trinajstić information content (AvgIpc) is 3.34. The van der Waals surface area contributed by atoms with Crippen LogP contribution >= 0.6 is 0 Å². The first-order valence-electron chi connectivity index (χ1n) is 20.9. The maximum absolute atomic E-state index is 5.39. The van der Waals surface area contributed by atoms with E-state index in [9.17, 15) is 0 Å². The fraction of sp³-hybridized carbons (Fsp3) is 0.0536. The quantitative estimate of drug-likeness (QED) is 0.157. The van der Waals surface area contributed by atoms with Crippen molar-refractivity contribution in [2.75, 3.05) is 0 Å². The van der Waals surface area contributed by atoms with Crippen molar-refractivity contribution in [1.29, 1.82) is 0 Å². The minimum atomic E-state index is 0.216. The molecule has 0 radical (unpaired) electrons. The fourth-order valence-corrected chi connectivity index (χ4v) is 7.95. The van der Waals surface area contributed by atoms with Gasteiger partial charge in [-0.15, -0.1) is 0 Å². The molecule has 1 N–H and O–H groups in total. The number of rotatable bonds is 9. The molecule has 9 aromatic rings. The van der Waals surface area contributed by atoms with E-state index in [1.807, 2.05) is 79.7 Å². The van der Waals surface area contributed by atoms with Crippen LogP contribution in [0.3, 0.4) is 0 Å². The van der Waals surface area contributed by atoms with Gasteiger partial charge in [0, 0.05) is 50.8 Å². The summed E-state index contributed by atoms with van der Waals surface area (Å²) in [5.74, 6) is 1.86. The molecule has 0 bridgehead atoms. The molecule has 6 nitrogen and oxygen atoms in total. The topological polar surface area (TPSA) is 76.5 Å². The first-order chi connectivity index (χ1) is 30.5. The third-order valence-corrected chi connectivity index (χ3v) is 11.0. The van der Waals surface area contributed by atoms with E-state index in [1.165, 1.54) is 0 Å². The number of aryl methyl sites for hydroxylation is 1. The number of nitrogens with one attached hydrogen (secondary N) is 1. The van der Waals surface area contributed by atoms with Gasteiger partial charge in [-0.25, -0.2) is 19.9 Å². The van der Waals surface area contributed by atoms with Gasteiger partial charge in [0.2, 0.25) is 0 Å². The second-order valence-electron chi connectivity index (χ2n) is 15.5. The lowest BCUT2D eigenvalue weighted by Gasteiger charge is -2.20. The van der Waals surface area contributed by atoms with Crippen LogP contribution in [0.5, 0.6) is 0 Å². The third kappa shape index (κ3) is 8.10. The molecule has 0 saturated heterocycles. The highest BCUT2D eigenvalue weighted by Gasteiger charge is 2.18. The van der Waals surface area contributed by atoms with Gasteiger partial charge in [-0.05, 0) is 96.3 Å². The summed E-state index contributed by atoms with van der Waals surface area (Å²) in [5, 5.41) is 3.67. The SMILES string of the molecule is Cc1cccc(-c2cc(C3=CC=CC(C)N3)cc(-c3cc(-c4ccccc4)nc(-c4ccccc4-c4cccc(-c5nc(-c6ccccc6)nc(-c6ccccc6)n5)c4)c3)c2)n1. The summed E-state index contributed by atoms with van der Waals surface area (Å²) >= 11 is 0. The van der Waals surface area contributed by atoms with Gasteiger partial charge >= 0.3 is 0 Å². The number of pyridine rings is 2. The average molecular weight is 799 g/mol. The Morgan fingerprint density at radius 3 is 1.56 bits per heavy atom. The van der Waals surface area contributed by atoms with E-state index in [-0.39, 0.29) is 6.04 Å². The van der Waals surface area contributed by atoms with Crippen molar-refractivity contribution in [1.82, 2.24) is 30.2 Å². The highest BCUT2D eigenvalue weighted by Crippen LogP contribution is 2.38. The molecule has 0 spiro atoms. The van der Waals surface area contributed by atoms with E-state index in [0.717, 1.165) is 89.7 Å². The van der Waals surface area contributed by atoms with Crippen LogP contribution in [0.15, 0.2) is 206 Å². The van der Waals surface area contributed by atoms with Gasteiger partial charge < -0.3 is 5.32 Å². The number of allylic oxidation sites excluding steroid dienone is 2. The van der Waals surface area contributed by atoms with E-state index in [0.29, 0.717) is 17.5 Å². The summed E-state index contributed by atoms with van der Waals surface area (Å²) in [5.41, 5.74) is 15.9. The van der Waals surface area contributed by atoms with Gasteiger partial charge in [-0.2, -0.15) is 0 Å². The Bertz CT molecular complexity index is 3060. The number of aromatic nitrogens is 5. The lowest BCUT2D eigenvalue weighted by atomic mass is 9.92. The van der Waals surface area contributed by atoms with Gasteiger partial charge in [0.1, 0.15) is 0 Å². The zero-order chi connectivity index (χ0) is 41.8. The number of hydrogen-bond acceptors (Lipinski definition) is 6. The van der Waals surface area contributed by atoms with Crippen LogP contribution in [0.4, 0.5) is 0 Å². The molecule has 296 valence electrons. The maximum Gasteiger partial charge on any atom is 0.164 e. The van der Waals surface area contributed by atoms with Crippen LogP contribution in [0.1, 0.15) is 18.2 Å². The minimum Gasteiger partial charge on any atom is -0.379 e. The van der Waals surface area contributed by atoms with Gasteiger partial charge in [-0.3, -0.25) is 4.98 Å². The Hall–Kier alpha value is -8.09. The van der Waals surface area contributed by atoms with Gasteiger partial charge in [0.05, 0.1) is 17.1 Å². The first-order valence-corrected chi connectivity index (χ1v) is 20.9. The summed E-state index contributed by atoms with van der Waals surface area (Å²) in [6.45, 7) is 4.20. The lowest BCUT2D eigenvalue weighted by molar-refractivity contribution is 0.778. The number of benzene rings is 6. The van der Waals surface area contributed by atoms with E-state index >= 15 is 0 Å². The molecule has 1 unspecified atom stereocenters. The van der Waals surface area contributed by atoms with Crippen molar-refractivity contribution in [2.45, 2.75) is 19.9 Å². The molecule has 62 heavy (non-hydrogen) atoms. The van der Waals surface area contributed by atoms with E-state index in [1.54, 1.807) is 0 Å². The second kappa shape index (κ2) is 16.9. The van der Waals surface area contributed by atoms with Crippen LogP contribution < -0.4 is 5.32 Å². The summed E-state index contributed by atoms with van der Waals surface area (Å²) in [6.07, 6.45) is 6.44. The highest BCUT2D eigenvalue weighted by molar-refractivity contribution is 5.88. The molecule has 4 heterocycles. The van der Waals surface area contributed by atoms with Crippen LogP contribution in [0.2, 0.25) is 0 Å². The van der Waals surface area contributed by atoms with Crippen LogP contribution in [-0.4, -0.2) is 31.0 Å². The van der Waals surface area contributed by atoms with Gasteiger partial charge in [-0.1, -0.05) is 152 Å². The standard InChI is InChI=1S/C56H42N6/c1-37-17-14-29-50(57-37)46-32-44(33-47(34-46)51-30-15-18-38(2)58-51)45-35-52(39-19-6-3-7-20-39)59-53(36-45)49-28-13-12-27-48(49)42-25-16-26-43(31-42)56-61-54(40-21-8-4-9-22-40)60-55(62-56)41-23-10-5-11-24-41/h3-37,57H,1-2H3. The number of nitrogens with zero attached hydrogens (tertiary/aromatic N) is 5. The van der Waals surface area contributed by atoms with Crippen LogP contribution in [-0.2, 0) is 0 Å². The molecule has 1 aliphatic heterocycles. The van der Waals surface area contributed by atoms with Crippen molar-refractivity contribution in [3.63, 3.8) is 0 Å².